The molecule has 4 nitrogen and oxygen atoms in total. The lowest BCUT2D eigenvalue weighted by molar-refractivity contribution is 0.585. The molecule has 2 heterocycles. The standard InChI is InChI=1S/C16H24N4/c1-6-15-12(4)19-20(13(15)5)16-10-17-8-7-14(16)9-18-11(2)3/h7-8,10-11,18H,6,9H2,1-5H3. The molecule has 0 aliphatic heterocycles. The lowest BCUT2D eigenvalue weighted by atomic mass is 10.1. The first-order valence-corrected chi connectivity index (χ1v) is 7.26. The average Bonchev–Trinajstić information content (AvgIpc) is 2.71. The molecule has 0 aromatic carbocycles. The van der Waals surface area contributed by atoms with Gasteiger partial charge in [0, 0.05) is 24.5 Å². The summed E-state index contributed by atoms with van der Waals surface area (Å²) in [5.41, 5.74) is 5.94. The van der Waals surface area contributed by atoms with E-state index in [2.05, 4.69) is 56.1 Å². The molecule has 0 aliphatic rings. The van der Waals surface area contributed by atoms with Crippen LogP contribution in [0.1, 0.15) is 43.3 Å². The van der Waals surface area contributed by atoms with Crippen LogP contribution in [0.25, 0.3) is 5.69 Å². The second-order valence-electron chi connectivity index (χ2n) is 5.45. The molecule has 0 radical (unpaired) electrons. The second kappa shape index (κ2) is 6.18. The summed E-state index contributed by atoms with van der Waals surface area (Å²) in [7, 11) is 0. The Hall–Kier alpha value is -1.68. The van der Waals surface area contributed by atoms with Gasteiger partial charge in [0.1, 0.15) is 0 Å². The van der Waals surface area contributed by atoms with Crippen LogP contribution >= 0.6 is 0 Å². The van der Waals surface area contributed by atoms with Crippen molar-refractivity contribution >= 4 is 0 Å². The minimum atomic E-state index is 0.461. The Kier molecular flexibility index (Phi) is 4.55. The van der Waals surface area contributed by atoms with E-state index < -0.39 is 0 Å². The second-order valence-corrected chi connectivity index (χ2v) is 5.45. The van der Waals surface area contributed by atoms with Gasteiger partial charge in [-0.2, -0.15) is 5.10 Å². The Morgan fingerprint density at radius 1 is 1.30 bits per heavy atom. The first kappa shape index (κ1) is 14.7. The number of hydrogen-bond acceptors (Lipinski definition) is 3. The smallest absolute Gasteiger partial charge is 0.0876 e. The number of nitrogens with zero attached hydrogens (tertiary/aromatic N) is 3. The van der Waals surface area contributed by atoms with Crippen molar-refractivity contribution in [1.29, 1.82) is 0 Å². The van der Waals surface area contributed by atoms with Gasteiger partial charge in [-0.15, -0.1) is 0 Å². The number of pyridine rings is 1. The quantitative estimate of drug-likeness (QED) is 0.910. The molecule has 0 unspecified atom stereocenters. The minimum absolute atomic E-state index is 0.461. The molecule has 0 atom stereocenters. The number of nitrogens with one attached hydrogen (secondary N) is 1. The highest BCUT2D eigenvalue weighted by Gasteiger charge is 2.14. The van der Waals surface area contributed by atoms with Crippen LogP contribution in [-0.4, -0.2) is 20.8 Å². The molecular formula is C16H24N4. The Morgan fingerprint density at radius 2 is 2.05 bits per heavy atom. The molecule has 0 saturated heterocycles. The van der Waals surface area contributed by atoms with E-state index in [1.54, 1.807) is 0 Å². The monoisotopic (exact) mass is 272 g/mol. The molecule has 2 aromatic heterocycles. The summed E-state index contributed by atoms with van der Waals surface area (Å²) in [4.78, 5) is 4.27. The Bertz CT molecular complexity index is 584. The Morgan fingerprint density at radius 3 is 2.65 bits per heavy atom. The maximum atomic E-state index is 4.69. The topological polar surface area (TPSA) is 42.7 Å². The van der Waals surface area contributed by atoms with Crippen LogP contribution < -0.4 is 5.32 Å². The first-order chi connectivity index (χ1) is 9.54. The molecule has 0 spiro atoms. The highest BCUT2D eigenvalue weighted by molar-refractivity contribution is 5.41. The fourth-order valence-corrected chi connectivity index (χ4v) is 2.49. The third kappa shape index (κ3) is 2.90. The SMILES string of the molecule is CCc1c(C)nn(-c2cnccc2CNC(C)C)c1C. The average molecular weight is 272 g/mol. The number of rotatable bonds is 5. The van der Waals surface area contributed by atoms with Crippen molar-refractivity contribution in [3.63, 3.8) is 0 Å². The van der Waals surface area contributed by atoms with Crippen molar-refractivity contribution in [2.75, 3.05) is 0 Å². The molecule has 2 aromatic rings. The third-order valence-electron chi connectivity index (χ3n) is 3.61. The molecule has 20 heavy (non-hydrogen) atoms. The summed E-state index contributed by atoms with van der Waals surface area (Å²) in [6, 6.07) is 2.52. The highest BCUT2D eigenvalue weighted by atomic mass is 15.3. The first-order valence-electron chi connectivity index (χ1n) is 7.26. The molecule has 0 amide bonds. The van der Waals surface area contributed by atoms with E-state index in [1.165, 1.54) is 16.8 Å². The molecule has 108 valence electrons. The Labute approximate surface area is 121 Å². The predicted molar refractivity (Wildman–Crippen MR) is 82.2 cm³/mol. The zero-order valence-electron chi connectivity index (χ0n) is 13.1. The van der Waals surface area contributed by atoms with Crippen molar-refractivity contribution in [3.05, 3.63) is 41.0 Å². The van der Waals surface area contributed by atoms with Gasteiger partial charge in [-0.05, 0) is 37.5 Å². The lowest BCUT2D eigenvalue weighted by Crippen LogP contribution is -2.23. The highest BCUT2D eigenvalue weighted by Crippen LogP contribution is 2.20. The Balaban J connectivity index is 2.42. The maximum Gasteiger partial charge on any atom is 0.0876 e. The molecule has 0 aliphatic carbocycles. The zero-order valence-corrected chi connectivity index (χ0v) is 13.1. The summed E-state index contributed by atoms with van der Waals surface area (Å²) < 4.78 is 2.03. The van der Waals surface area contributed by atoms with Gasteiger partial charge in [0.2, 0.25) is 0 Å². The van der Waals surface area contributed by atoms with Gasteiger partial charge >= 0.3 is 0 Å². The predicted octanol–water partition coefficient (Wildman–Crippen LogP) is 2.94. The summed E-state index contributed by atoms with van der Waals surface area (Å²) in [6.07, 6.45) is 4.75. The molecule has 0 bridgehead atoms. The van der Waals surface area contributed by atoms with Crippen molar-refractivity contribution in [2.24, 2.45) is 0 Å². The van der Waals surface area contributed by atoms with E-state index >= 15 is 0 Å². The van der Waals surface area contributed by atoms with Gasteiger partial charge in [0.05, 0.1) is 17.6 Å². The molecule has 4 heteroatoms. The van der Waals surface area contributed by atoms with Gasteiger partial charge in [-0.1, -0.05) is 20.8 Å². The maximum absolute atomic E-state index is 4.69. The van der Waals surface area contributed by atoms with Gasteiger partial charge < -0.3 is 5.32 Å². The number of aryl methyl sites for hydroxylation is 1. The summed E-state index contributed by atoms with van der Waals surface area (Å²) in [5, 5.41) is 8.15. The fraction of sp³-hybridized carbons (Fsp3) is 0.500. The summed E-state index contributed by atoms with van der Waals surface area (Å²) in [6.45, 7) is 11.5. The van der Waals surface area contributed by atoms with E-state index in [1.807, 2.05) is 17.1 Å². The van der Waals surface area contributed by atoms with Gasteiger partial charge in [0.15, 0.2) is 0 Å². The summed E-state index contributed by atoms with van der Waals surface area (Å²) in [5.74, 6) is 0. The van der Waals surface area contributed by atoms with E-state index in [-0.39, 0.29) is 0 Å². The van der Waals surface area contributed by atoms with Crippen LogP contribution in [0.2, 0.25) is 0 Å². The normalized spacial score (nSPS) is 11.3. The van der Waals surface area contributed by atoms with Gasteiger partial charge in [-0.3, -0.25) is 4.98 Å². The van der Waals surface area contributed by atoms with Crippen molar-refractivity contribution in [3.8, 4) is 5.69 Å². The van der Waals surface area contributed by atoms with E-state index in [0.717, 1.165) is 24.3 Å². The van der Waals surface area contributed by atoms with Gasteiger partial charge in [0.25, 0.3) is 0 Å². The van der Waals surface area contributed by atoms with Gasteiger partial charge in [-0.25, -0.2) is 4.68 Å². The fourth-order valence-electron chi connectivity index (χ4n) is 2.49. The lowest BCUT2D eigenvalue weighted by Gasteiger charge is -2.13. The molecule has 0 saturated carbocycles. The van der Waals surface area contributed by atoms with Crippen LogP contribution in [0.5, 0.6) is 0 Å². The number of hydrogen-bond donors (Lipinski definition) is 1. The number of aromatic nitrogens is 3. The summed E-state index contributed by atoms with van der Waals surface area (Å²) >= 11 is 0. The van der Waals surface area contributed by atoms with Crippen LogP contribution in [0.3, 0.4) is 0 Å². The van der Waals surface area contributed by atoms with Crippen LogP contribution in [0, 0.1) is 13.8 Å². The van der Waals surface area contributed by atoms with Crippen molar-refractivity contribution in [1.82, 2.24) is 20.1 Å². The third-order valence-corrected chi connectivity index (χ3v) is 3.61. The molecular weight excluding hydrogens is 248 g/mol. The van der Waals surface area contributed by atoms with E-state index in [9.17, 15) is 0 Å². The van der Waals surface area contributed by atoms with Crippen LogP contribution in [0.4, 0.5) is 0 Å². The minimum Gasteiger partial charge on any atom is -0.310 e. The zero-order chi connectivity index (χ0) is 14.7. The van der Waals surface area contributed by atoms with E-state index in [4.69, 9.17) is 0 Å². The molecule has 2 rings (SSSR count). The van der Waals surface area contributed by atoms with E-state index in [0.29, 0.717) is 6.04 Å². The largest absolute Gasteiger partial charge is 0.310 e. The van der Waals surface area contributed by atoms with Crippen molar-refractivity contribution in [2.45, 2.75) is 53.6 Å². The van der Waals surface area contributed by atoms with Crippen molar-refractivity contribution < 1.29 is 0 Å². The van der Waals surface area contributed by atoms with Crippen LogP contribution in [0.15, 0.2) is 18.5 Å². The molecule has 0 fully saturated rings. The molecule has 1 N–H and O–H groups in total. The van der Waals surface area contributed by atoms with Crippen LogP contribution in [-0.2, 0) is 13.0 Å².